The third kappa shape index (κ3) is 4.03. The Morgan fingerprint density at radius 1 is 1.45 bits per heavy atom. The number of nitrogen functional groups attached to an aromatic ring is 1. The number of nitrogens with one attached hydrogen (secondary N) is 2. The van der Waals surface area contributed by atoms with Gasteiger partial charge in [-0.05, 0) is 26.7 Å². The predicted molar refractivity (Wildman–Crippen MR) is 77.3 cm³/mol. The molecule has 1 unspecified atom stereocenters. The summed E-state index contributed by atoms with van der Waals surface area (Å²) in [7, 11) is 0. The summed E-state index contributed by atoms with van der Waals surface area (Å²) in [5, 5.41) is 3.29. The minimum Gasteiger partial charge on any atom is -0.374 e. The number of nitrogens with zero attached hydrogens (tertiary/aromatic N) is 2. The zero-order valence-electron chi connectivity index (χ0n) is 12.1. The van der Waals surface area contributed by atoms with Gasteiger partial charge in [-0.1, -0.05) is 0 Å². The Morgan fingerprint density at radius 2 is 2.25 bits per heavy atom. The van der Waals surface area contributed by atoms with Crippen LogP contribution in [-0.2, 0) is 16.1 Å². The summed E-state index contributed by atoms with van der Waals surface area (Å²) < 4.78 is 11.1. The standard InChI is InChI=1S/C13H23N5O2/c1-3-19-8-12-16-10(7-11(17-12)18-14)15-9-13(2)5-4-6-20-13/h7H,3-6,8-9,14H2,1-2H3,(H2,15,16,17,18). The molecule has 1 aromatic rings. The first-order chi connectivity index (χ1) is 9.65. The Labute approximate surface area is 119 Å². The predicted octanol–water partition coefficient (Wildman–Crippen LogP) is 1.28. The van der Waals surface area contributed by atoms with Gasteiger partial charge in [0.05, 0.1) is 5.60 Å². The molecule has 0 spiro atoms. The molecule has 0 amide bonds. The first-order valence-corrected chi connectivity index (χ1v) is 6.95. The lowest BCUT2D eigenvalue weighted by Gasteiger charge is -2.23. The number of hydrazine groups is 1. The topological polar surface area (TPSA) is 94.3 Å². The Bertz CT molecular complexity index is 435. The summed E-state index contributed by atoms with van der Waals surface area (Å²) in [4.78, 5) is 8.66. The summed E-state index contributed by atoms with van der Waals surface area (Å²) >= 11 is 0. The minimum absolute atomic E-state index is 0.124. The fourth-order valence-corrected chi connectivity index (χ4v) is 2.17. The quantitative estimate of drug-likeness (QED) is 0.512. The van der Waals surface area contributed by atoms with Gasteiger partial charge in [-0.2, -0.15) is 0 Å². The van der Waals surface area contributed by atoms with Crippen LogP contribution in [0.15, 0.2) is 6.07 Å². The highest BCUT2D eigenvalue weighted by atomic mass is 16.5. The van der Waals surface area contributed by atoms with Crippen LogP contribution in [0.2, 0.25) is 0 Å². The molecule has 0 aliphatic carbocycles. The van der Waals surface area contributed by atoms with Crippen molar-refractivity contribution in [2.75, 3.05) is 30.5 Å². The molecule has 1 aliphatic rings. The highest BCUT2D eigenvalue weighted by molar-refractivity contribution is 5.47. The number of anilines is 2. The third-order valence-corrected chi connectivity index (χ3v) is 3.30. The Morgan fingerprint density at radius 3 is 2.90 bits per heavy atom. The van der Waals surface area contributed by atoms with Gasteiger partial charge in [-0.25, -0.2) is 15.8 Å². The molecule has 0 saturated carbocycles. The van der Waals surface area contributed by atoms with E-state index < -0.39 is 0 Å². The van der Waals surface area contributed by atoms with Crippen molar-refractivity contribution in [2.45, 2.75) is 38.9 Å². The zero-order valence-corrected chi connectivity index (χ0v) is 12.1. The Balaban J connectivity index is 2.01. The van der Waals surface area contributed by atoms with E-state index in [0.717, 1.165) is 25.3 Å². The highest BCUT2D eigenvalue weighted by Crippen LogP contribution is 2.25. The summed E-state index contributed by atoms with van der Waals surface area (Å²) in [6.45, 7) is 6.57. The molecule has 1 saturated heterocycles. The van der Waals surface area contributed by atoms with E-state index in [4.69, 9.17) is 15.3 Å². The number of ether oxygens (including phenoxy) is 2. The molecule has 1 atom stereocenters. The van der Waals surface area contributed by atoms with Gasteiger partial charge in [0.1, 0.15) is 18.2 Å². The van der Waals surface area contributed by atoms with Crippen LogP contribution in [0.3, 0.4) is 0 Å². The van der Waals surface area contributed by atoms with E-state index in [2.05, 4.69) is 27.6 Å². The summed E-state index contributed by atoms with van der Waals surface area (Å²) in [6, 6.07) is 1.77. The van der Waals surface area contributed by atoms with Gasteiger partial charge in [0.25, 0.3) is 0 Å². The Hall–Kier alpha value is -1.44. The molecule has 20 heavy (non-hydrogen) atoms. The average molecular weight is 281 g/mol. The molecule has 1 aromatic heterocycles. The molecule has 4 N–H and O–H groups in total. The molecule has 7 nitrogen and oxygen atoms in total. The summed E-state index contributed by atoms with van der Waals surface area (Å²) in [5.41, 5.74) is 2.42. The molecule has 2 rings (SSSR count). The van der Waals surface area contributed by atoms with Crippen LogP contribution in [0.4, 0.5) is 11.6 Å². The molecule has 7 heteroatoms. The maximum atomic E-state index is 5.74. The number of hydrogen-bond acceptors (Lipinski definition) is 7. The van der Waals surface area contributed by atoms with Crippen LogP contribution in [0, 0.1) is 0 Å². The van der Waals surface area contributed by atoms with Crippen molar-refractivity contribution in [3.63, 3.8) is 0 Å². The van der Waals surface area contributed by atoms with Crippen molar-refractivity contribution in [3.8, 4) is 0 Å². The fraction of sp³-hybridized carbons (Fsp3) is 0.692. The molecule has 0 aromatic carbocycles. The second-order valence-corrected chi connectivity index (χ2v) is 5.09. The number of nitrogens with two attached hydrogens (primary N) is 1. The van der Waals surface area contributed by atoms with Crippen molar-refractivity contribution in [3.05, 3.63) is 11.9 Å². The summed E-state index contributed by atoms with van der Waals surface area (Å²) in [5.74, 6) is 7.31. The van der Waals surface area contributed by atoms with Gasteiger partial charge in [-0.15, -0.1) is 0 Å². The second-order valence-electron chi connectivity index (χ2n) is 5.09. The van der Waals surface area contributed by atoms with Crippen molar-refractivity contribution in [1.82, 2.24) is 9.97 Å². The first-order valence-electron chi connectivity index (χ1n) is 6.95. The van der Waals surface area contributed by atoms with Crippen LogP contribution in [0.1, 0.15) is 32.5 Å². The molecule has 1 aliphatic heterocycles. The highest BCUT2D eigenvalue weighted by Gasteiger charge is 2.29. The molecule has 0 bridgehead atoms. The van der Waals surface area contributed by atoms with Gasteiger partial charge in [0, 0.05) is 25.8 Å². The lowest BCUT2D eigenvalue weighted by atomic mass is 10.0. The fourth-order valence-electron chi connectivity index (χ4n) is 2.17. The molecular formula is C13H23N5O2. The SMILES string of the molecule is CCOCc1nc(NN)cc(NCC2(C)CCCO2)n1. The zero-order chi connectivity index (χ0) is 14.4. The van der Waals surface area contributed by atoms with Gasteiger partial charge in [-0.3, -0.25) is 0 Å². The van der Waals surface area contributed by atoms with E-state index in [9.17, 15) is 0 Å². The van der Waals surface area contributed by atoms with E-state index in [0.29, 0.717) is 31.4 Å². The van der Waals surface area contributed by atoms with Crippen molar-refractivity contribution < 1.29 is 9.47 Å². The third-order valence-electron chi connectivity index (χ3n) is 3.30. The van der Waals surface area contributed by atoms with Crippen LogP contribution < -0.4 is 16.6 Å². The van der Waals surface area contributed by atoms with E-state index in [1.165, 1.54) is 0 Å². The number of hydrogen-bond donors (Lipinski definition) is 3. The molecular weight excluding hydrogens is 258 g/mol. The van der Waals surface area contributed by atoms with Crippen molar-refractivity contribution >= 4 is 11.6 Å². The lowest BCUT2D eigenvalue weighted by Crippen LogP contribution is -2.32. The molecule has 112 valence electrons. The molecule has 0 radical (unpaired) electrons. The van der Waals surface area contributed by atoms with Gasteiger partial charge >= 0.3 is 0 Å². The second kappa shape index (κ2) is 6.83. The van der Waals surface area contributed by atoms with E-state index in [-0.39, 0.29) is 5.60 Å². The van der Waals surface area contributed by atoms with Crippen LogP contribution >= 0.6 is 0 Å². The van der Waals surface area contributed by atoms with E-state index >= 15 is 0 Å². The minimum atomic E-state index is -0.124. The van der Waals surface area contributed by atoms with Gasteiger partial charge < -0.3 is 20.2 Å². The Kier molecular flexibility index (Phi) is 5.11. The van der Waals surface area contributed by atoms with E-state index in [1.807, 2.05) is 6.92 Å². The lowest BCUT2D eigenvalue weighted by molar-refractivity contribution is 0.0314. The molecule has 1 fully saturated rings. The van der Waals surface area contributed by atoms with E-state index in [1.54, 1.807) is 6.07 Å². The van der Waals surface area contributed by atoms with Crippen molar-refractivity contribution in [1.29, 1.82) is 0 Å². The van der Waals surface area contributed by atoms with Gasteiger partial charge in [0.2, 0.25) is 0 Å². The van der Waals surface area contributed by atoms with Crippen LogP contribution in [0.25, 0.3) is 0 Å². The summed E-state index contributed by atoms with van der Waals surface area (Å²) in [6.07, 6.45) is 2.16. The van der Waals surface area contributed by atoms with Crippen LogP contribution in [-0.4, -0.2) is 35.3 Å². The van der Waals surface area contributed by atoms with Gasteiger partial charge in [0.15, 0.2) is 5.82 Å². The van der Waals surface area contributed by atoms with Crippen molar-refractivity contribution in [2.24, 2.45) is 5.84 Å². The maximum absolute atomic E-state index is 5.74. The largest absolute Gasteiger partial charge is 0.374 e. The first kappa shape index (κ1) is 15.0. The molecule has 2 heterocycles. The smallest absolute Gasteiger partial charge is 0.158 e. The number of aromatic nitrogens is 2. The average Bonchev–Trinajstić information content (AvgIpc) is 2.90. The normalized spacial score (nSPS) is 21.9. The number of rotatable bonds is 7. The maximum Gasteiger partial charge on any atom is 0.158 e. The monoisotopic (exact) mass is 281 g/mol. The van der Waals surface area contributed by atoms with Crippen LogP contribution in [0.5, 0.6) is 0 Å².